The van der Waals surface area contributed by atoms with E-state index in [9.17, 15) is 0 Å². The molecule has 0 N–H and O–H groups in total. The van der Waals surface area contributed by atoms with Gasteiger partial charge < -0.3 is 0 Å². The summed E-state index contributed by atoms with van der Waals surface area (Å²) in [6, 6.07) is 0. The van der Waals surface area contributed by atoms with Crippen molar-refractivity contribution in [3.05, 3.63) is 24.3 Å². The maximum atomic E-state index is 2.29. The lowest BCUT2D eigenvalue weighted by Gasteiger charge is -2.02. The largest absolute Gasteiger partial charge is 0.0917 e. The fraction of sp³-hybridized carbons (Fsp3) is 0.636. The first-order valence-electron chi connectivity index (χ1n) is 4.57. The van der Waals surface area contributed by atoms with Crippen LogP contribution in [0.2, 0.25) is 0 Å². The molecule has 0 bridgehead atoms. The lowest BCUT2D eigenvalue weighted by atomic mass is 10.0. The molecule has 1 atom stereocenters. The van der Waals surface area contributed by atoms with Crippen molar-refractivity contribution in [3.8, 4) is 0 Å². The third-order valence-electron chi connectivity index (χ3n) is 1.71. The number of hydrogen-bond donors (Lipinski definition) is 0. The molecule has 64 valence electrons. The third kappa shape index (κ3) is 7.38. The van der Waals surface area contributed by atoms with Gasteiger partial charge in [0.05, 0.1) is 0 Å². The predicted molar refractivity (Wildman–Crippen MR) is 52.6 cm³/mol. The Morgan fingerprint density at radius 1 is 1.09 bits per heavy atom. The molecule has 0 rings (SSSR count). The van der Waals surface area contributed by atoms with E-state index in [1.54, 1.807) is 0 Å². The second-order valence-corrected chi connectivity index (χ2v) is 3.03. The van der Waals surface area contributed by atoms with Crippen molar-refractivity contribution in [1.29, 1.82) is 0 Å². The molecule has 0 fully saturated rings. The lowest BCUT2D eigenvalue weighted by Crippen LogP contribution is -1.88. The predicted octanol–water partition coefficient (Wildman–Crippen LogP) is 3.95. The Morgan fingerprint density at radius 3 is 2.27 bits per heavy atom. The van der Waals surface area contributed by atoms with Gasteiger partial charge in [0.15, 0.2) is 0 Å². The van der Waals surface area contributed by atoms with E-state index in [1.807, 2.05) is 0 Å². The van der Waals surface area contributed by atoms with Crippen molar-refractivity contribution >= 4 is 0 Å². The van der Waals surface area contributed by atoms with Crippen LogP contribution in [0.1, 0.15) is 40.0 Å². The van der Waals surface area contributed by atoms with Gasteiger partial charge in [-0.15, -0.1) is 0 Å². The highest BCUT2D eigenvalue weighted by molar-refractivity contribution is 4.85. The molecule has 0 aliphatic rings. The summed E-state index contributed by atoms with van der Waals surface area (Å²) >= 11 is 0. The highest BCUT2D eigenvalue weighted by atomic mass is 14.0. The first-order valence-corrected chi connectivity index (χ1v) is 4.57. The summed E-state index contributed by atoms with van der Waals surface area (Å²) in [4.78, 5) is 0. The van der Waals surface area contributed by atoms with Crippen molar-refractivity contribution < 1.29 is 0 Å². The van der Waals surface area contributed by atoms with Crippen LogP contribution in [0.5, 0.6) is 0 Å². The maximum Gasteiger partial charge on any atom is -0.0322 e. The molecule has 0 aliphatic carbocycles. The Bertz CT molecular complexity index is 120. The van der Waals surface area contributed by atoms with E-state index in [-0.39, 0.29) is 0 Å². The van der Waals surface area contributed by atoms with Crippen LogP contribution in [0.25, 0.3) is 0 Å². The van der Waals surface area contributed by atoms with E-state index >= 15 is 0 Å². The minimum absolute atomic E-state index is 0.800. The fourth-order valence-electron chi connectivity index (χ4n) is 0.960. The topological polar surface area (TPSA) is 0 Å². The van der Waals surface area contributed by atoms with Crippen LogP contribution in [0.4, 0.5) is 0 Å². The zero-order chi connectivity index (χ0) is 8.53. The van der Waals surface area contributed by atoms with Gasteiger partial charge in [0.2, 0.25) is 0 Å². The normalized spacial score (nSPS) is 14.8. The highest BCUT2D eigenvalue weighted by Gasteiger charge is 1.94. The molecule has 0 heteroatoms. The van der Waals surface area contributed by atoms with Gasteiger partial charge in [-0.25, -0.2) is 0 Å². The van der Waals surface area contributed by atoms with Gasteiger partial charge in [-0.1, -0.05) is 38.2 Å². The molecule has 0 aromatic carbocycles. The maximum absolute atomic E-state index is 2.29. The molecule has 0 aromatic heterocycles. The minimum Gasteiger partial charge on any atom is -0.0917 e. The Morgan fingerprint density at radius 2 is 1.73 bits per heavy atom. The lowest BCUT2D eigenvalue weighted by molar-refractivity contribution is 0.602. The molecule has 0 heterocycles. The van der Waals surface area contributed by atoms with Gasteiger partial charge in [-0.05, 0) is 32.1 Å². The molecule has 0 saturated carbocycles. The molecule has 0 spiro atoms. The molecular formula is C11H20. The SMILES string of the molecule is C/C=C/CC(C)C/C=C\CC. The van der Waals surface area contributed by atoms with Crippen molar-refractivity contribution in [2.75, 3.05) is 0 Å². The zero-order valence-corrected chi connectivity index (χ0v) is 8.01. The summed E-state index contributed by atoms with van der Waals surface area (Å²) in [7, 11) is 0. The van der Waals surface area contributed by atoms with Crippen LogP contribution >= 0.6 is 0 Å². The Kier molecular flexibility index (Phi) is 7.23. The van der Waals surface area contributed by atoms with E-state index in [0.717, 1.165) is 12.3 Å². The summed E-state index contributed by atoms with van der Waals surface area (Å²) in [5.74, 6) is 0.800. The average Bonchev–Trinajstić information content (AvgIpc) is 2.01. The fourth-order valence-corrected chi connectivity index (χ4v) is 0.960. The van der Waals surface area contributed by atoms with Crippen molar-refractivity contribution in [2.45, 2.75) is 40.0 Å². The highest BCUT2D eigenvalue weighted by Crippen LogP contribution is 2.08. The first kappa shape index (κ1) is 10.5. The van der Waals surface area contributed by atoms with Crippen LogP contribution in [-0.2, 0) is 0 Å². The summed E-state index contributed by atoms with van der Waals surface area (Å²) in [5.41, 5.74) is 0. The van der Waals surface area contributed by atoms with Crippen molar-refractivity contribution in [3.63, 3.8) is 0 Å². The number of rotatable bonds is 5. The van der Waals surface area contributed by atoms with Gasteiger partial charge >= 0.3 is 0 Å². The van der Waals surface area contributed by atoms with Crippen LogP contribution in [0, 0.1) is 5.92 Å². The van der Waals surface area contributed by atoms with Gasteiger partial charge in [-0.2, -0.15) is 0 Å². The monoisotopic (exact) mass is 152 g/mol. The molecule has 0 radical (unpaired) electrons. The Labute approximate surface area is 71.0 Å². The van der Waals surface area contributed by atoms with Gasteiger partial charge in [0, 0.05) is 0 Å². The van der Waals surface area contributed by atoms with E-state index in [2.05, 4.69) is 45.1 Å². The van der Waals surface area contributed by atoms with E-state index in [4.69, 9.17) is 0 Å². The molecule has 0 saturated heterocycles. The van der Waals surface area contributed by atoms with Gasteiger partial charge in [-0.3, -0.25) is 0 Å². The molecule has 0 nitrogen and oxygen atoms in total. The molecule has 0 aliphatic heterocycles. The van der Waals surface area contributed by atoms with Crippen molar-refractivity contribution in [1.82, 2.24) is 0 Å². The molecular weight excluding hydrogens is 132 g/mol. The van der Waals surface area contributed by atoms with Crippen LogP contribution < -0.4 is 0 Å². The van der Waals surface area contributed by atoms with E-state index < -0.39 is 0 Å². The van der Waals surface area contributed by atoms with Crippen LogP contribution in [-0.4, -0.2) is 0 Å². The van der Waals surface area contributed by atoms with E-state index in [1.165, 1.54) is 12.8 Å². The van der Waals surface area contributed by atoms with E-state index in [0.29, 0.717) is 0 Å². The Balaban J connectivity index is 3.36. The zero-order valence-electron chi connectivity index (χ0n) is 8.01. The minimum atomic E-state index is 0.800. The summed E-state index contributed by atoms with van der Waals surface area (Å²) in [6.07, 6.45) is 12.5. The summed E-state index contributed by atoms with van der Waals surface area (Å²) in [5, 5.41) is 0. The number of allylic oxidation sites excluding steroid dienone is 4. The average molecular weight is 152 g/mol. The van der Waals surface area contributed by atoms with Crippen LogP contribution in [0.3, 0.4) is 0 Å². The van der Waals surface area contributed by atoms with Gasteiger partial charge in [0.1, 0.15) is 0 Å². The van der Waals surface area contributed by atoms with Gasteiger partial charge in [0.25, 0.3) is 0 Å². The molecule has 1 unspecified atom stereocenters. The first-order chi connectivity index (χ1) is 5.31. The summed E-state index contributed by atoms with van der Waals surface area (Å²) in [6.45, 7) is 6.54. The quantitative estimate of drug-likeness (QED) is 0.523. The molecule has 0 aromatic rings. The molecule has 0 amide bonds. The Hall–Kier alpha value is -0.520. The molecule has 11 heavy (non-hydrogen) atoms. The second-order valence-electron chi connectivity index (χ2n) is 3.03. The second kappa shape index (κ2) is 7.59. The number of hydrogen-bond acceptors (Lipinski definition) is 0. The van der Waals surface area contributed by atoms with Crippen LogP contribution in [0.15, 0.2) is 24.3 Å². The third-order valence-corrected chi connectivity index (χ3v) is 1.71. The summed E-state index contributed by atoms with van der Waals surface area (Å²) < 4.78 is 0. The smallest absolute Gasteiger partial charge is 0.0322 e. The van der Waals surface area contributed by atoms with Crippen molar-refractivity contribution in [2.24, 2.45) is 5.92 Å². The standard InChI is InChI=1S/C11H20/c1-4-6-8-10-11(3)9-7-5-2/h5-8,11H,4,9-10H2,1-3H3/b7-5+,8-6-.